The van der Waals surface area contributed by atoms with E-state index in [0.29, 0.717) is 13.1 Å². The Morgan fingerprint density at radius 1 is 1.42 bits per heavy atom. The van der Waals surface area contributed by atoms with Gasteiger partial charge in [-0.05, 0) is 37.1 Å². The first-order valence-corrected chi connectivity index (χ1v) is 6.72. The van der Waals surface area contributed by atoms with Gasteiger partial charge in [0.25, 0.3) is 0 Å². The number of thiophene rings is 1. The fourth-order valence-corrected chi connectivity index (χ4v) is 3.18. The molecular weight excluding hydrogens is 297 g/mol. The minimum atomic E-state index is -4.22. The van der Waals surface area contributed by atoms with Crippen LogP contribution in [-0.4, -0.2) is 24.5 Å². The lowest BCUT2D eigenvalue weighted by Gasteiger charge is -2.22. The number of rotatable bonds is 3. The van der Waals surface area contributed by atoms with E-state index in [0.717, 1.165) is 41.8 Å². The summed E-state index contributed by atoms with van der Waals surface area (Å²) in [5.41, 5.74) is 5.83. The zero-order chi connectivity index (χ0) is 13.4. The quantitative estimate of drug-likeness (QED) is 0.927. The van der Waals surface area contributed by atoms with Crippen LogP contribution in [0.5, 0.6) is 0 Å². The second-order valence-corrected chi connectivity index (χ2v) is 6.41. The smallest absolute Gasteiger partial charge is 0.330 e. The molecule has 2 nitrogen and oxygen atoms in total. The Labute approximate surface area is 121 Å². The van der Waals surface area contributed by atoms with Crippen molar-refractivity contribution < 1.29 is 13.2 Å². The van der Waals surface area contributed by atoms with Crippen LogP contribution >= 0.6 is 23.7 Å². The van der Waals surface area contributed by atoms with E-state index in [2.05, 4.69) is 11.8 Å². The summed E-state index contributed by atoms with van der Waals surface area (Å²) in [7, 11) is 0. The van der Waals surface area contributed by atoms with Crippen molar-refractivity contribution in [2.24, 2.45) is 11.1 Å². The van der Waals surface area contributed by atoms with E-state index in [-0.39, 0.29) is 17.8 Å². The third-order valence-electron chi connectivity index (χ3n) is 3.45. The van der Waals surface area contributed by atoms with E-state index in [9.17, 15) is 13.2 Å². The predicted molar refractivity (Wildman–Crippen MR) is 73.6 cm³/mol. The highest BCUT2D eigenvalue weighted by molar-refractivity contribution is 7.12. The maximum absolute atomic E-state index is 12.5. The van der Waals surface area contributed by atoms with Crippen LogP contribution in [0.2, 0.25) is 0 Å². The van der Waals surface area contributed by atoms with Crippen LogP contribution in [0.4, 0.5) is 13.2 Å². The monoisotopic (exact) mass is 314 g/mol. The number of nitrogens with zero attached hydrogens (tertiary/aromatic N) is 1. The first-order valence-electron chi connectivity index (χ1n) is 5.91. The fourth-order valence-electron chi connectivity index (χ4n) is 2.26. The van der Waals surface area contributed by atoms with Gasteiger partial charge >= 0.3 is 6.18 Å². The lowest BCUT2D eigenvalue weighted by atomic mass is 9.90. The Balaban J connectivity index is 0.00000180. The molecule has 1 fully saturated rings. The summed E-state index contributed by atoms with van der Waals surface area (Å²) in [6.07, 6.45) is -3.21. The summed E-state index contributed by atoms with van der Waals surface area (Å²) in [4.78, 5) is 2.43. The largest absolute Gasteiger partial charge is 0.425 e. The molecule has 1 atom stereocenters. The van der Waals surface area contributed by atoms with E-state index in [1.807, 2.05) is 0 Å². The van der Waals surface area contributed by atoms with Crippen LogP contribution in [-0.2, 0) is 12.7 Å². The molecule has 0 radical (unpaired) electrons. The van der Waals surface area contributed by atoms with E-state index < -0.39 is 11.1 Å². The van der Waals surface area contributed by atoms with Gasteiger partial charge in [0.15, 0.2) is 0 Å². The fraction of sp³-hybridized carbons (Fsp3) is 0.667. The topological polar surface area (TPSA) is 29.3 Å². The molecule has 0 spiro atoms. The van der Waals surface area contributed by atoms with Gasteiger partial charge in [-0.15, -0.1) is 23.7 Å². The van der Waals surface area contributed by atoms with Crippen molar-refractivity contribution in [3.63, 3.8) is 0 Å². The van der Waals surface area contributed by atoms with Crippen LogP contribution < -0.4 is 5.73 Å². The maximum Gasteiger partial charge on any atom is 0.425 e. The van der Waals surface area contributed by atoms with Gasteiger partial charge in [-0.25, -0.2) is 0 Å². The van der Waals surface area contributed by atoms with Crippen LogP contribution in [0.15, 0.2) is 12.1 Å². The maximum atomic E-state index is 12.5. The molecule has 0 bridgehead atoms. The van der Waals surface area contributed by atoms with E-state index in [4.69, 9.17) is 5.73 Å². The lowest BCUT2D eigenvalue weighted by Crippen LogP contribution is -2.30. The number of alkyl halides is 3. The Bertz CT molecular complexity index is 421. The van der Waals surface area contributed by atoms with E-state index in [1.165, 1.54) is 0 Å². The average Bonchev–Trinajstić information content (AvgIpc) is 2.86. The van der Waals surface area contributed by atoms with E-state index in [1.54, 1.807) is 6.07 Å². The lowest BCUT2D eigenvalue weighted by molar-refractivity contribution is -0.134. The molecule has 2 N–H and O–H groups in total. The Kier molecular flexibility index (Phi) is 5.28. The molecule has 19 heavy (non-hydrogen) atoms. The van der Waals surface area contributed by atoms with Crippen molar-refractivity contribution >= 4 is 23.7 Å². The molecule has 2 rings (SSSR count). The summed E-state index contributed by atoms with van der Waals surface area (Å²) in [6.45, 7) is 5.12. The molecule has 7 heteroatoms. The van der Waals surface area contributed by atoms with Crippen molar-refractivity contribution in [2.75, 3.05) is 19.6 Å². The van der Waals surface area contributed by atoms with Gasteiger partial charge in [0.2, 0.25) is 0 Å². The third kappa shape index (κ3) is 4.08. The highest BCUT2D eigenvalue weighted by Gasteiger charge is 2.34. The van der Waals surface area contributed by atoms with Gasteiger partial charge in [-0.1, -0.05) is 6.92 Å². The van der Waals surface area contributed by atoms with Gasteiger partial charge in [-0.3, -0.25) is 4.90 Å². The average molecular weight is 315 g/mol. The van der Waals surface area contributed by atoms with Crippen molar-refractivity contribution in [1.29, 1.82) is 0 Å². The van der Waals surface area contributed by atoms with Gasteiger partial charge in [0.1, 0.15) is 4.88 Å². The van der Waals surface area contributed by atoms with Crippen molar-refractivity contribution in [3.05, 3.63) is 21.9 Å². The molecule has 2 heterocycles. The van der Waals surface area contributed by atoms with Gasteiger partial charge in [0, 0.05) is 18.0 Å². The Hall–Kier alpha value is -0.300. The molecule has 1 unspecified atom stereocenters. The second-order valence-electron chi connectivity index (χ2n) is 5.24. The van der Waals surface area contributed by atoms with Crippen LogP contribution in [0, 0.1) is 5.41 Å². The molecule has 0 amide bonds. The zero-order valence-electron chi connectivity index (χ0n) is 10.7. The molecule has 1 aliphatic heterocycles. The standard InChI is InChI=1S/C12H17F3N2S.ClH/c1-11(7-16)4-5-17(8-11)6-9-2-3-10(18-9)12(13,14)15;/h2-3H,4-8,16H2,1H3;1H. The van der Waals surface area contributed by atoms with E-state index >= 15 is 0 Å². The van der Waals surface area contributed by atoms with Gasteiger partial charge in [0.05, 0.1) is 0 Å². The highest BCUT2D eigenvalue weighted by atomic mass is 35.5. The van der Waals surface area contributed by atoms with Gasteiger partial charge in [-0.2, -0.15) is 13.2 Å². The highest BCUT2D eigenvalue weighted by Crippen LogP contribution is 2.36. The number of hydrogen-bond donors (Lipinski definition) is 1. The summed E-state index contributed by atoms with van der Waals surface area (Å²) in [5, 5.41) is 0. The number of halogens is 4. The molecule has 1 saturated heterocycles. The summed E-state index contributed by atoms with van der Waals surface area (Å²) >= 11 is 0.836. The summed E-state index contributed by atoms with van der Waals surface area (Å²) in [5.74, 6) is 0. The predicted octanol–water partition coefficient (Wildman–Crippen LogP) is 3.36. The van der Waals surface area contributed by atoms with Crippen molar-refractivity contribution in [1.82, 2.24) is 4.90 Å². The summed E-state index contributed by atoms with van der Waals surface area (Å²) in [6, 6.07) is 2.74. The third-order valence-corrected chi connectivity index (χ3v) is 4.57. The van der Waals surface area contributed by atoms with Gasteiger partial charge < -0.3 is 5.73 Å². The second kappa shape index (κ2) is 5.99. The SMILES string of the molecule is CC1(CN)CCN(Cc2ccc(C(F)(F)F)s2)C1.Cl. The Morgan fingerprint density at radius 2 is 2.11 bits per heavy atom. The molecule has 0 aromatic carbocycles. The van der Waals surface area contributed by atoms with Crippen molar-refractivity contribution in [2.45, 2.75) is 26.1 Å². The molecule has 0 saturated carbocycles. The van der Waals surface area contributed by atoms with Crippen LogP contribution in [0.25, 0.3) is 0 Å². The normalized spacial score (nSPS) is 24.5. The van der Waals surface area contributed by atoms with Crippen molar-refractivity contribution in [3.8, 4) is 0 Å². The number of likely N-dealkylation sites (tertiary alicyclic amines) is 1. The number of nitrogens with two attached hydrogens (primary N) is 1. The number of hydrogen-bond acceptors (Lipinski definition) is 3. The molecule has 110 valence electrons. The Morgan fingerprint density at radius 3 is 2.58 bits per heavy atom. The minimum absolute atomic E-state index is 0. The first-order chi connectivity index (χ1) is 8.32. The first kappa shape index (κ1) is 16.8. The molecular formula is C12H18ClF3N2S. The molecule has 1 aromatic heterocycles. The molecule has 1 aliphatic rings. The van der Waals surface area contributed by atoms with Crippen LogP contribution in [0.3, 0.4) is 0 Å². The minimum Gasteiger partial charge on any atom is -0.330 e. The zero-order valence-corrected chi connectivity index (χ0v) is 12.3. The summed E-state index contributed by atoms with van der Waals surface area (Å²) < 4.78 is 37.4. The molecule has 0 aliphatic carbocycles. The van der Waals surface area contributed by atoms with Crippen LogP contribution in [0.1, 0.15) is 23.1 Å². The molecule has 1 aromatic rings.